The lowest BCUT2D eigenvalue weighted by Crippen LogP contribution is -2.48. The van der Waals surface area contributed by atoms with Crippen molar-refractivity contribution in [1.82, 2.24) is 20.0 Å². The van der Waals surface area contributed by atoms with Crippen molar-refractivity contribution in [3.05, 3.63) is 0 Å². The zero-order valence-corrected chi connectivity index (χ0v) is 22.9. The number of carbonyl (C=O) groups excluding carboxylic acids is 3. The summed E-state index contributed by atoms with van der Waals surface area (Å²) >= 11 is 0. The van der Waals surface area contributed by atoms with Crippen LogP contribution in [0.3, 0.4) is 0 Å². The van der Waals surface area contributed by atoms with Crippen LogP contribution in [0.25, 0.3) is 0 Å². The third-order valence-corrected chi connectivity index (χ3v) is 6.02. The quantitative estimate of drug-likeness (QED) is 0.197. The Bertz CT molecular complexity index is 569. The van der Waals surface area contributed by atoms with Crippen LogP contribution >= 0.6 is 0 Å². The fourth-order valence-corrected chi connectivity index (χ4v) is 3.65. The average molecular weight is 515 g/mol. The lowest BCUT2D eigenvalue weighted by Gasteiger charge is -2.30. The number of carbonyl (C=O) groups is 3. The van der Waals surface area contributed by atoms with Gasteiger partial charge in [0, 0.05) is 52.4 Å². The summed E-state index contributed by atoms with van der Waals surface area (Å²) in [6.07, 6.45) is 5.52. The van der Waals surface area contributed by atoms with Gasteiger partial charge in [-0.25, -0.2) is 0 Å². The topological polar surface area (TPSA) is 101 Å². The summed E-state index contributed by atoms with van der Waals surface area (Å²) in [5.41, 5.74) is 0. The highest BCUT2D eigenvalue weighted by Crippen LogP contribution is 2.01. The van der Waals surface area contributed by atoms with Gasteiger partial charge in [-0.05, 0) is 19.3 Å². The Hall–Kier alpha value is -1.75. The standard InChI is InChI=1S/C26H50N4O6/c1-4-7-18-34-24(31)21-28-12-10-27-11-13-29(22-25(32)35-19-8-5-2)15-17-30(16-14-28)23-26(33)36-20-9-6-3/h27H,4-23H2,1-3H3. The zero-order valence-electron chi connectivity index (χ0n) is 22.9. The second-order valence-electron chi connectivity index (χ2n) is 9.30. The van der Waals surface area contributed by atoms with E-state index in [1.807, 2.05) is 4.90 Å². The molecule has 0 bridgehead atoms. The molecule has 10 nitrogen and oxygen atoms in total. The van der Waals surface area contributed by atoms with E-state index >= 15 is 0 Å². The maximum atomic E-state index is 12.4. The first-order valence-electron chi connectivity index (χ1n) is 13.8. The highest BCUT2D eigenvalue weighted by molar-refractivity contribution is 5.72. The smallest absolute Gasteiger partial charge is 0.320 e. The Morgan fingerprint density at radius 2 is 0.861 bits per heavy atom. The van der Waals surface area contributed by atoms with Gasteiger partial charge in [-0.3, -0.25) is 29.1 Å². The van der Waals surface area contributed by atoms with Crippen LogP contribution in [0, 0.1) is 0 Å². The molecule has 1 heterocycles. The van der Waals surface area contributed by atoms with Crippen molar-refractivity contribution < 1.29 is 28.6 Å². The summed E-state index contributed by atoms with van der Waals surface area (Å²) in [6, 6.07) is 0. The molecule has 0 saturated carbocycles. The highest BCUT2D eigenvalue weighted by Gasteiger charge is 2.19. The minimum absolute atomic E-state index is 0.186. The van der Waals surface area contributed by atoms with Crippen molar-refractivity contribution >= 4 is 17.9 Å². The van der Waals surface area contributed by atoms with Crippen LogP contribution in [0.2, 0.25) is 0 Å². The Balaban J connectivity index is 2.73. The summed E-state index contributed by atoms with van der Waals surface area (Å²) < 4.78 is 16.1. The van der Waals surface area contributed by atoms with Crippen molar-refractivity contribution in [2.45, 2.75) is 59.3 Å². The molecular weight excluding hydrogens is 464 g/mol. The van der Waals surface area contributed by atoms with Crippen LogP contribution in [-0.4, -0.2) is 124 Å². The number of unbranched alkanes of at least 4 members (excludes halogenated alkanes) is 3. The fraction of sp³-hybridized carbons (Fsp3) is 0.885. The predicted octanol–water partition coefficient (Wildman–Crippen LogP) is 1.53. The molecular formula is C26H50N4O6. The predicted molar refractivity (Wildman–Crippen MR) is 140 cm³/mol. The molecule has 1 aliphatic heterocycles. The minimum Gasteiger partial charge on any atom is -0.465 e. The van der Waals surface area contributed by atoms with Crippen LogP contribution in [-0.2, 0) is 28.6 Å². The van der Waals surface area contributed by atoms with Crippen molar-refractivity contribution in [3.63, 3.8) is 0 Å². The number of ether oxygens (including phenoxy) is 3. The molecule has 0 atom stereocenters. The molecule has 0 unspecified atom stereocenters. The van der Waals surface area contributed by atoms with Crippen molar-refractivity contribution in [2.75, 3.05) is 91.8 Å². The molecule has 0 amide bonds. The Morgan fingerprint density at radius 1 is 0.556 bits per heavy atom. The number of hydrogen-bond donors (Lipinski definition) is 1. The summed E-state index contributed by atoms with van der Waals surface area (Å²) in [6.45, 7) is 13.5. The monoisotopic (exact) mass is 514 g/mol. The molecule has 210 valence electrons. The minimum atomic E-state index is -0.242. The van der Waals surface area contributed by atoms with E-state index in [2.05, 4.69) is 35.9 Å². The number of nitrogens with one attached hydrogen (secondary N) is 1. The number of esters is 3. The van der Waals surface area contributed by atoms with E-state index in [-0.39, 0.29) is 37.5 Å². The zero-order chi connectivity index (χ0) is 26.4. The fourth-order valence-electron chi connectivity index (χ4n) is 3.65. The molecule has 36 heavy (non-hydrogen) atoms. The van der Waals surface area contributed by atoms with Crippen LogP contribution in [0.5, 0.6) is 0 Å². The number of nitrogens with zero attached hydrogens (tertiary/aromatic N) is 3. The normalized spacial score (nSPS) is 17.1. The van der Waals surface area contributed by atoms with E-state index in [0.717, 1.165) is 51.6 Å². The van der Waals surface area contributed by atoms with Gasteiger partial charge in [-0.15, -0.1) is 0 Å². The molecule has 1 aliphatic rings. The van der Waals surface area contributed by atoms with Crippen LogP contribution in [0.4, 0.5) is 0 Å². The first-order chi connectivity index (χ1) is 17.5. The van der Waals surface area contributed by atoms with Crippen LogP contribution in [0.15, 0.2) is 0 Å². The number of hydrogen-bond acceptors (Lipinski definition) is 10. The third-order valence-electron chi connectivity index (χ3n) is 6.02. The Kier molecular flexibility index (Phi) is 19.1. The van der Waals surface area contributed by atoms with E-state index in [1.165, 1.54) is 0 Å². The van der Waals surface area contributed by atoms with E-state index in [9.17, 15) is 14.4 Å². The summed E-state index contributed by atoms with van der Waals surface area (Å²) in [5, 5.41) is 3.41. The second-order valence-corrected chi connectivity index (χ2v) is 9.30. The van der Waals surface area contributed by atoms with E-state index in [1.54, 1.807) is 0 Å². The van der Waals surface area contributed by atoms with E-state index < -0.39 is 0 Å². The molecule has 1 saturated heterocycles. The average Bonchev–Trinajstić information content (AvgIpc) is 2.84. The SMILES string of the molecule is CCCCOC(=O)CN1CCNCCN(CC(=O)OCCCC)CCN(CC(=O)OCCCC)CC1. The molecule has 0 radical (unpaired) electrons. The maximum Gasteiger partial charge on any atom is 0.320 e. The van der Waals surface area contributed by atoms with Crippen molar-refractivity contribution in [2.24, 2.45) is 0 Å². The number of rotatable bonds is 15. The van der Waals surface area contributed by atoms with Crippen molar-refractivity contribution in [1.29, 1.82) is 0 Å². The maximum absolute atomic E-state index is 12.4. The first-order valence-corrected chi connectivity index (χ1v) is 13.8. The first kappa shape index (κ1) is 32.3. The molecule has 1 N–H and O–H groups in total. The third kappa shape index (κ3) is 16.8. The second kappa shape index (κ2) is 21.3. The van der Waals surface area contributed by atoms with Gasteiger partial charge in [0.25, 0.3) is 0 Å². The molecule has 10 heteroatoms. The lowest BCUT2D eigenvalue weighted by molar-refractivity contribution is -0.147. The molecule has 0 spiro atoms. The summed E-state index contributed by atoms with van der Waals surface area (Å²) in [7, 11) is 0. The molecule has 1 rings (SSSR count). The van der Waals surface area contributed by atoms with Gasteiger partial charge < -0.3 is 19.5 Å². The van der Waals surface area contributed by atoms with Gasteiger partial charge in [0.15, 0.2) is 0 Å². The van der Waals surface area contributed by atoms with Gasteiger partial charge in [-0.2, -0.15) is 0 Å². The largest absolute Gasteiger partial charge is 0.465 e. The molecule has 1 fully saturated rings. The highest BCUT2D eigenvalue weighted by atomic mass is 16.5. The van der Waals surface area contributed by atoms with Crippen LogP contribution < -0.4 is 5.32 Å². The summed E-state index contributed by atoms with van der Waals surface area (Å²) in [5.74, 6) is -0.670. The lowest BCUT2D eigenvalue weighted by atomic mass is 10.3. The van der Waals surface area contributed by atoms with E-state index in [4.69, 9.17) is 14.2 Å². The molecule has 0 aromatic carbocycles. The van der Waals surface area contributed by atoms with Crippen molar-refractivity contribution in [3.8, 4) is 0 Å². The van der Waals surface area contributed by atoms with Gasteiger partial charge >= 0.3 is 17.9 Å². The van der Waals surface area contributed by atoms with Crippen LogP contribution in [0.1, 0.15) is 59.3 Å². The van der Waals surface area contributed by atoms with Gasteiger partial charge in [0.2, 0.25) is 0 Å². The molecule has 0 aliphatic carbocycles. The Morgan fingerprint density at radius 3 is 1.17 bits per heavy atom. The van der Waals surface area contributed by atoms with Gasteiger partial charge in [-0.1, -0.05) is 40.0 Å². The molecule has 0 aromatic rings. The van der Waals surface area contributed by atoms with Gasteiger partial charge in [0.1, 0.15) is 0 Å². The van der Waals surface area contributed by atoms with E-state index in [0.29, 0.717) is 59.1 Å². The molecule has 0 aromatic heterocycles. The summed E-state index contributed by atoms with van der Waals surface area (Å²) in [4.78, 5) is 43.2. The Labute approximate surface area is 218 Å². The van der Waals surface area contributed by atoms with Gasteiger partial charge in [0.05, 0.1) is 39.5 Å².